The van der Waals surface area contributed by atoms with Gasteiger partial charge in [-0.25, -0.2) is 9.50 Å². The predicted octanol–water partition coefficient (Wildman–Crippen LogP) is 3.14. The van der Waals surface area contributed by atoms with Gasteiger partial charge in [0.25, 0.3) is 0 Å². The van der Waals surface area contributed by atoms with Crippen molar-refractivity contribution < 1.29 is 0 Å². The minimum atomic E-state index is 0.0700. The summed E-state index contributed by atoms with van der Waals surface area (Å²) in [4.78, 5) is 7.02. The first-order chi connectivity index (χ1) is 16.0. The molecule has 1 fully saturated rings. The van der Waals surface area contributed by atoms with Gasteiger partial charge in [0.2, 0.25) is 0 Å². The number of likely N-dealkylation sites (tertiary alicyclic amines) is 1. The van der Waals surface area contributed by atoms with Gasteiger partial charge in [0.1, 0.15) is 11.8 Å². The van der Waals surface area contributed by atoms with E-state index >= 15 is 0 Å². The summed E-state index contributed by atoms with van der Waals surface area (Å²) < 4.78 is 1.87. The maximum Gasteiger partial charge on any atom is 0.158 e. The molecule has 2 aromatic heterocycles. The molecule has 174 valence electrons. The molecule has 33 heavy (non-hydrogen) atoms. The molecular weight excluding hydrogens is 416 g/mol. The molecule has 3 heterocycles. The van der Waals surface area contributed by atoms with E-state index < -0.39 is 0 Å². The molecule has 1 aliphatic heterocycles. The average Bonchev–Trinajstić information content (AvgIpc) is 3.23. The van der Waals surface area contributed by atoms with Crippen molar-refractivity contribution in [1.29, 1.82) is 0 Å². The Morgan fingerprint density at radius 1 is 1.24 bits per heavy atom. The van der Waals surface area contributed by atoms with E-state index in [1.807, 2.05) is 55.9 Å². The average molecular weight is 449 g/mol. The number of hydrogen-bond acceptors (Lipinski definition) is 7. The normalized spacial score (nSPS) is 16.3. The smallest absolute Gasteiger partial charge is 0.158 e. The van der Waals surface area contributed by atoms with Crippen molar-refractivity contribution in [2.24, 2.45) is 21.2 Å². The molecule has 0 spiro atoms. The second-order valence-corrected chi connectivity index (χ2v) is 8.57. The molecule has 0 aliphatic carbocycles. The second-order valence-electron chi connectivity index (χ2n) is 8.57. The quantitative estimate of drug-likeness (QED) is 0.211. The Balaban J connectivity index is 1.54. The molecule has 1 saturated heterocycles. The number of rotatable bonds is 8. The number of aromatic nitrogens is 3. The Hall–Kier alpha value is -3.37. The molecule has 1 aliphatic rings. The molecule has 4 N–H and O–H groups in total. The van der Waals surface area contributed by atoms with Crippen molar-refractivity contribution >= 4 is 22.9 Å². The van der Waals surface area contributed by atoms with E-state index in [2.05, 4.69) is 47.1 Å². The number of hydrogen-bond donors (Lipinski definition) is 3. The van der Waals surface area contributed by atoms with Crippen molar-refractivity contribution in [3.8, 4) is 0 Å². The lowest BCUT2D eigenvalue weighted by Gasteiger charge is -2.31. The topological polar surface area (TPSA) is 121 Å². The third-order valence-corrected chi connectivity index (χ3v) is 5.78. The largest absolute Gasteiger partial charge is 0.382 e. The van der Waals surface area contributed by atoms with E-state index in [-0.39, 0.29) is 6.04 Å². The Morgan fingerprint density at radius 3 is 2.82 bits per heavy atom. The number of nitrogens with zero attached hydrogens (tertiary/aromatic N) is 7. The molecule has 0 radical (unpaired) electrons. The first-order valence-corrected chi connectivity index (χ1v) is 11.3. The zero-order valence-electron chi connectivity index (χ0n) is 19.4. The van der Waals surface area contributed by atoms with Crippen molar-refractivity contribution in [3.05, 3.63) is 54.0 Å². The van der Waals surface area contributed by atoms with Gasteiger partial charge in [-0.3, -0.25) is 4.90 Å². The van der Waals surface area contributed by atoms with E-state index in [9.17, 15) is 0 Å². The Labute approximate surface area is 194 Å². The van der Waals surface area contributed by atoms with Crippen LogP contribution in [0.3, 0.4) is 0 Å². The van der Waals surface area contributed by atoms with E-state index in [1.165, 1.54) is 5.56 Å². The second kappa shape index (κ2) is 10.5. The zero-order valence-corrected chi connectivity index (χ0v) is 19.4. The van der Waals surface area contributed by atoms with Gasteiger partial charge in [-0.1, -0.05) is 12.1 Å². The summed E-state index contributed by atoms with van der Waals surface area (Å²) in [6.45, 7) is 6.89. The van der Waals surface area contributed by atoms with Crippen LogP contribution in [-0.2, 0) is 6.54 Å². The molecule has 0 bridgehead atoms. The number of nitrogens with two attached hydrogens (primary N) is 1. The summed E-state index contributed by atoms with van der Waals surface area (Å²) in [6.07, 6.45) is 5.87. The van der Waals surface area contributed by atoms with Gasteiger partial charge in [0.15, 0.2) is 11.7 Å². The van der Waals surface area contributed by atoms with Crippen LogP contribution in [0, 0.1) is 0 Å². The number of anilines is 2. The van der Waals surface area contributed by atoms with Crippen molar-refractivity contribution in [2.45, 2.75) is 45.3 Å². The third kappa shape index (κ3) is 5.71. The van der Waals surface area contributed by atoms with Crippen LogP contribution in [0.25, 0.3) is 5.52 Å². The van der Waals surface area contributed by atoms with Gasteiger partial charge < -0.3 is 16.4 Å². The fourth-order valence-corrected chi connectivity index (χ4v) is 3.99. The van der Waals surface area contributed by atoms with E-state index in [4.69, 9.17) is 5.73 Å². The van der Waals surface area contributed by atoms with Crippen LogP contribution in [0.5, 0.6) is 0 Å². The summed E-state index contributed by atoms with van der Waals surface area (Å²) in [5.41, 5.74) is 9.89. The van der Waals surface area contributed by atoms with Crippen LogP contribution in [0.1, 0.15) is 37.8 Å². The van der Waals surface area contributed by atoms with Gasteiger partial charge in [-0.2, -0.15) is 10.2 Å². The lowest BCUT2D eigenvalue weighted by atomic mass is 10.0. The van der Waals surface area contributed by atoms with Crippen LogP contribution in [0.15, 0.2) is 58.3 Å². The summed E-state index contributed by atoms with van der Waals surface area (Å²) in [5.74, 6) is 1.06. The highest BCUT2D eigenvalue weighted by molar-refractivity contribution is 5.98. The lowest BCUT2D eigenvalue weighted by Crippen LogP contribution is -2.40. The Morgan fingerprint density at radius 2 is 2.06 bits per heavy atom. The monoisotopic (exact) mass is 448 g/mol. The van der Waals surface area contributed by atoms with E-state index in [0.29, 0.717) is 11.9 Å². The predicted molar refractivity (Wildman–Crippen MR) is 131 cm³/mol. The molecule has 10 heteroatoms. The highest BCUT2D eigenvalue weighted by Crippen LogP contribution is 2.25. The highest BCUT2D eigenvalue weighted by atomic mass is 15.4. The maximum atomic E-state index is 6.09. The summed E-state index contributed by atoms with van der Waals surface area (Å²) in [5, 5.41) is 23.0. The van der Waals surface area contributed by atoms with E-state index in [0.717, 1.165) is 55.1 Å². The Kier molecular flexibility index (Phi) is 7.26. The minimum absolute atomic E-state index is 0.0700. The summed E-state index contributed by atoms with van der Waals surface area (Å²) >= 11 is 0. The van der Waals surface area contributed by atoms with Crippen molar-refractivity contribution in [2.75, 3.05) is 25.5 Å². The standard InChI is InChI=1S/C23H32N10/c1-16(2)29-31-30-22(24)17-5-4-6-20(13-17)28-23-21-18(7-12-33(21)27-15-26-23)14-32-10-8-19(25-3)9-11-32/h4-7,12-13,15-16,19,25H,8-11,14H2,1-3H3,(H2,24,29,30)(H,26,27,28). The first kappa shape index (κ1) is 22.8. The van der Waals surface area contributed by atoms with Gasteiger partial charge in [-0.15, -0.1) is 5.10 Å². The van der Waals surface area contributed by atoms with Crippen LogP contribution in [-0.4, -0.2) is 57.6 Å². The Bertz CT molecular complexity index is 1130. The fourth-order valence-electron chi connectivity index (χ4n) is 3.99. The molecular formula is C23H32N10. The van der Waals surface area contributed by atoms with Crippen molar-refractivity contribution in [1.82, 2.24) is 24.8 Å². The number of amidine groups is 1. The van der Waals surface area contributed by atoms with Crippen LogP contribution >= 0.6 is 0 Å². The van der Waals surface area contributed by atoms with Gasteiger partial charge in [-0.05, 0) is 75.8 Å². The first-order valence-electron chi connectivity index (χ1n) is 11.3. The molecule has 1 aromatic carbocycles. The van der Waals surface area contributed by atoms with Gasteiger partial charge in [0.05, 0.1) is 6.04 Å². The van der Waals surface area contributed by atoms with Crippen molar-refractivity contribution in [3.63, 3.8) is 0 Å². The third-order valence-electron chi connectivity index (χ3n) is 5.78. The fraction of sp³-hybridized carbons (Fsp3) is 0.435. The van der Waals surface area contributed by atoms with Gasteiger partial charge >= 0.3 is 0 Å². The molecule has 0 unspecified atom stereocenters. The highest BCUT2D eigenvalue weighted by Gasteiger charge is 2.20. The van der Waals surface area contributed by atoms with E-state index in [1.54, 1.807) is 6.33 Å². The maximum absolute atomic E-state index is 6.09. The molecule has 0 atom stereocenters. The van der Waals surface area contributed by atoms with Crippen LogP contribution < -0.4 is 16.4 Å². The molecule has 0 amide bonds. The van der Waals surface area contributed by atoms with Gasteiger partial charge in [0, 0.05) is 30.0 Å². The molecule has 4 rings (SSSR count). The zero-order chi connectivity index (χ0) is 23.2. The molecule has 3 aromatic rings. The molecule has 10 nitrogen and oxygen atoms in total. The molecule has 0 saturated carbocycles. The van der Waals surface area contributed by atoms with Crippen LogP contribution in [0.2, 0.25) is 0 Å². The number of nitrogens with one attached hydrogen (secondary N) is 2. The SMILES string of the molecule is CNC1CCN(Cc2ccn3ncnc(Nc4cccc(C(N)=NN=NC(C)C)c4)c23)CC1. The summed E-state index contributed by atoms with van der Waals surface area (Å²) in [6, 6.07) is 10.5. The number of fused-ring (bicyclic) bond motifs is 1. The minimum Gasteiger partial charge on any atom is -0.382 e. The summed E-state index contributed by atoms with van der Waals surface area (Å²) in [7, 11) is 2.04. The van der Waals surface area contributed by atoms with Crippen LogP contribution in [0.4, 0.5) is 11.5 Å². The number of benzene rings is 1. The number of piperidine rings is 1. The lowest BCUT2D eigenvalue weighted by molar-refractivity contribution is 0.195.